The number of anilines is 1. The van der Waals surface area contributed by atoms with Crippen molar-refractivity contribution >= 4 is 39.4 Å². The van der Waals surface area contributed by atoms with Crippen molar-refractivity contribution in [3.8, 4) is 17.9 Å². The first-order valence-corrected chi connectivity index (χ1v) is 6.78. The molecule has 0 aliphatic rings. The molecule has 20 heavy (non-hydrogen) atoms. The number of benzene rings is 2. The van der Waals surface area contributed by atoms with E-state index in [1.807, 2.05) is 30.3 Å². The van der Waals surface area contributed by atoms with E-state index in [2.05, 4.69) is 27.6 Å². The third-order valence-electron chi connectivity index (χ3n) is 2.67. The number of halogens is 1. The van der Waals surface area contributed by atoms with Crippen LogP contribution in [0.15, 0.2) is 40.8 Å². The molecule has 0 aliphatic carbocycles. The van der Waals surface area contributed by atoms with Crippen LogP contribution < -0.4 is 10.5 Å². The Morgan fingerprint density at radius 3 is 2.80 bits per heavy atom. The van der Waals surface area contributed by atoms with Gasteiger partial charge in [-0.2, -0.15) is 10.2 Å². The smallest absolute Gasteiger partial charge is 0.400 e. The maximum atomic E-state index is 8.88. The van der Waals surface area contributed by atoms with Crippen LogP contribution in [0, 0.1) is 14.9 Å². The zero-order chi connectivity index (χ0) is 14.1. The van der Waals surface area contributed by atoms with Gasteiger partial charge in [-0.1, -0.05) is 12.1 Å². The molecular formula is C14H8IN3O2. The van der Waals surface area contributed by atoms with Crippen LogP contribution in [0.1, 0.15) is 5.56 Å². The van der Waals surface area contributed by atoms with Crippen molar-refractivity contribution in [1.82, 2.24) is 4.98 Å². The number of rotatable bonds is 2. The summed E-state index contributed by atoms with van der Waals surface area (Å²) in [6, 6.07) is 12.7. The molecule has 0 saturated carbocycles. The van der Waals surface area contributed by atoms with Crippen molar-refractivity contribution in [2.45, 2.75) is 0 Å². The van der Waals surface area contributed by atoms with Gasteiger partial charge in [0.25, 0.3) is 0 Å². The molecule has 0 bridgehead atoms. The van der Waals surface area contributed by atoms with E-state index >= 15 is 0 Å². The first-order valence-electron chi connectivity index (χ1n) is 5.70. The summed E-state index contributed by atoms with van der Waals surface area (Å²) in [7, 11) is 0. The van der Waals surface area contributed by atoms with E-state index in [1.54, 1.807) is 12.1 Å². The zero-order valence-electron chi connectivity index (χ0n) is 10.1. The van der Waals surface area contributed by atoms with Crippen molar-refractivity contribution in [2.75, 3.05) is 5.73 Å². The number of hydrogen-bond donors (Lipinski definition) is 1. The van der Waals surface area contributed by atoms with Crippen LogP contribution in [0.25, 0.3) is 11.1 Å². The molecule has 0 fully saturated rings. The minimum Gasteiger partial charge on any atom is -0.409 e. The van der Waals surface area contributed by atoms with Crippen LogP contribution in [-0.2, 0) is 0 Å². The quantitative estimate of drug-likeness (QED) is 0.544. The van der Waals surface area contributed by atoms with Gasteiger partial charge < -0.3 is 14.9 Å². The van der Waals surface area contributed by atoms with Crippen molar-refractivity contribution in [3.63, 3.8) is 0 Å². The van der Waals surface area contributed by atoms with Gasteiger partial charge in [0.15, 0.2) is 11.3 Å². The van der Waals surface area contributed by atoms with E-state index in [1.165, 1.54) is 0 Å². The molecule has 0 spiro atoms. The zero-order valence-corrected chi connectivity index (χ0v) is 12.3. The van der Waals surface area contributed by atoms with E-state index in [0.717, 1.165) is 3.57 Å². The molecule has 1 heterocycles. The maximum Gasteiger partial charge on any atom is 0.400 e. The fourth-order valence-electron chi connectivity index (χ4n) is 1.77. The molecule has 6 heteroatoms. The molecule has 0 radical (unpaired) electrons. The first kappa shape index (κ1) is 12.7. The molecule has 2 N–H and O–H groups in total. The second-order valence-corrected chi connectivity index (χ2v) is 5.20. The fourth-order valence-corrected chi connectivity index (χ4v) is 2.53. The summed E-state index contributed by atoms with van der Waals surface area (Å²) >= 11 is 2.05. The lowest BCUT2D eigenvalue weighted by Crippen LogP contribution is -1.96. The van der Waals surface area contributed by atoms with E-state index in [9.17, 15) is 0 Å². The summed E-state index contributed by atoms with van der Waals surface area (Å²) in [4.78, 5) is 4.22. The molecule has 0 aliphatic heterocycles. The van der Waals surface area contributed by atoms with Crippen LogP contribution in [0.2, 0.25) is 0 Å². The highest BCUT2D eigenvalue weighted by molar-refractivity contribution is 14.1. The largest absolute Gasteiger partial charge is 0.409 e. The van der Waals surface area contributed by atoms with Crippen LogP contribution >= 0.6 is 22.6 Å². The van der Waals surface area contributed by atoms with Gasteiger partial charge in [-0.3, -0.25) is 0 Å². The lowest BCUT2D eigenvalue weighted by molar-refractivity contribution is 0.342. The number of nitrogens with two attached hydrogens (primary N) is 1. The molecule has 3 aromatic rings. The van der Waals surface area contributed by atoms with Gasteiger partial charge in [-0.15, -0.1) is 0 Å². The number of nitrogens with zero attached hydrogens (tertiary/aromatic N) is 2. The highest BCUT2D eigenvalue weighted by Gasteiger charge is 2.13. The first-order chi connectivity index (χ1) is 9.67. The Morgan fingerprint density at radius 2 is 2.10 bits per heavy atom. The lowest BCUT2D eigenvalue weighted by atomic mass is 10.2. The van der Waals surface area contributed by atoms with E-state index in [0.29, 0.717) is 28.1 Å². The highest BCUT2D eigenvalue weighted by Crippen LogP contribution is 2.34. The Balaban J connectivity index is 2.01. The average molecular weight is 377 g/mol. The van der Waals surface area contributed by atoms with Gasteiger partial charge in [0.05, 0.1) is 20.9 Å². The summed E-state index contributed by atoms with van der Waals surface area (Å²) in [6.07, 6.45) is 0.125. The summed E-state index contributed by atoms with van der Waals surface area (Å²) < 4.78 is 11.8. The average Bonchev–Trinajstić information content (AvgIpc) is 2.85. The van der Waals surface area contributed by atoms with E-state index < -0.39 is 0 Å². The fraction of sp³-hybridized carbons (Fsp3) is 0. The molecule has 2 aromatic carbocycles. The SMILES string of the molecule is N#Cc1cc(N)c(Oc2nc3ccccc3o2)c(I)c1. The monoisotopic (exact) mass is 377 g/mol. The van der Waals surface area contributed by atoms with Crippen molar-refractivity contribution < 1.29 is 9.15 Å². The van der Waals surface area contributed by atoms with Gasteiger partial charge in [-0.25, -0.2) is 0 Å². The number of ether oxygens (including phenoxy) is 1. The normalized spacial score (nSPS) is 10.4. The molecule has 98 valence electrons. The molecule has 1 aromatic heterocycles. The summed E-state index contributed by atoms with van der Waals surface area (Å²) in [5.41, 5.74) is 8.10. The molecule has 0 unspecified atom stereocenters. The standard InChI is InChI=1S/C14H8IN3O2/c15-9-5-8(7-16)6-10(17)13(9)20-14-18-11-3-1-2-4-12(11)19-14/h1-6H,17H2. The van der Waals surface area contributed by atoms with Crippen LogP contribution in [0.5, 0.6) is 11.8 Å². The van der Waals surface area contributed by atoms with Crippen molar-refractivity contribution in [3.05, 3.63) is 45.5 Å². The number of nitrogen functional groups attached to an aromatic ring is 1. The number of aromatic nitrogens is 1. The molecule has 0 atom stereocenters. The molecule has 3 rings (SSSR count). The summed E-state index contributed by atoms with van der Waals surface area (Å²) in [5.74, 6) is 0.441. The second kappa shape index (κ2) is 5.02. The third-order valence-corrected chi connectivity index (χ3v) is 3.47. The molecule has 0 amide bonds. The summed E-state index contributed by atoms with van der Waals surface area (Å²) in [5, 5.41) is 8.88. The number of fused-ring (bicyclic) bond motifs is 1. The molecule has 5 nitrogen and oxygen atoms in total. The number of nitriles is 1. The minimum atomic E-state index is 0.125. The van der Waals surface area contributed by atoms with Crippen LogP contribution in [0.4, 0.5) is 5.69 Å². The summed E-state index contributed by atoms with van der Waals surface area (Å²) in [6.45, 7) is 0. The number of para-hydroxylation sites is 2. The van der Waals surface area contributed by atoms with Gasteiger partial charge in [-0.05, 0) is 46.9 Å². The minimum absolute atomic E-state index is 0.125. The molecule has 0 saturated heterocycles. The Morgan fingerprint density at radius 1 is 1.30 bits per heavy atom. The Kier molecular flexibility index (Phi) is 3.20. The van der Waals surface area contributed by atoms with E-state index in [4.69, 9.17) is 20.1 Å². The third kappa shape index (κ3) is 2.28. The molecular weight excluding hydrogens is 369 g/mol. The Hall–Kier alpha value is -2.27. The van der Waals surface area contributed by atoms with Gasteiger partial charge in [0.1, 0.15) is 5.52 Å². The van der Waals surface area contributed by atoms with Crippen molar-refractivity contribution in [1.29, 1.82) is 5.26 Å². The Labute approximate surface area is 128 Å². The van der Waals surface area contributed by atoms with Gasteiger partial charge >= 0.3 is 6.08 Å². The van der Waals surface area contributed by atoms with E-state index in [-0.39, 0.29) is 6.08 Å². The maximum absolute atomic E-state index is 8.88. The lowest BCUT2D eigenvalue weighted by Gasteiger charge is -2.07. The van der Waals surface area contributed by atoms with Gasteiger partial charge in [0.2, 0.25) is 0 Å². The van der Waals surface area contributed by atoms with Crippen molar-refractivity contribution in [2.24, 2.45) is 0 Å². The Bertz CT molecular complexity index is 780. The van der Waals surface area contributed by atoms with Crippen LogP contribution in [0.3, 0.4) is 0 Å². The topological polar surface area (TPSA) is 85.1 Å². The number of oxazole rings is 1. The second-order valence-electron chi connectivity index (χ2n) is 4.04. The number of hydrogen-bond acceptors (Lipinski definition) is 5. The predicted octanol–water partition coefficient (Wildman–Crippen LogP) is 3.68. The highest BCUT2D eigenvalue weighted by atomic mass is 127. The van der Waals surface area contributed by atoms with Gasteiger partial charge in [0, 0.05) is 0 Å². The predicted molar refractivity (Wildman–Crippen MR) is 82.4 cm³/mol. The van der Waals surface area contributed by atoms with Crippen LogP contribution in [-0.4, -0.2) is 4.98 Å².